The van der Waals surface area contributed by atoms with Gasteiger partial charge in [0, 0.05) is 25.4 Å². The lowest BCUT2D eigenvalue weighted by Gasteiger charge is -2.30. The van der Waals surface area contributed by atoms with Gasteiger partial charge in [0.1, 0.15) is 29.3 Å². The van der Waals surface area contributed by atoms with E-state index in [1.807, 2.05) is 12.2 Å². The lowest BCUT2D eigenvalue weighted by atomic mass is 10.0. The molecule has 0 radical (unpaired) electrons. The van der Waals surface area contributed by atoms with E-state index < -0.39 is 80.4 Å². The smallest absolute Gasteiger partial charge is 0.410 e. The monoisotopic (exact) mass is 738 g/mol. The molecule has 0 unspecified atom stereocenters. The molecule has 52 heavy (non-hydrogen) atoms. The number of nitriles is 1. The number of allylic oxidation sites excluding steroid dienone is 1. The maximum Gasteiger partial charge on any atom is 0.410 e. The van der Waals surface area contributed by atoms with Crippen LogP contribution in [0.25, 0.3) is 0 Å². The summed E-state index contributed by atoms with van der Waals surface area (Å²) in [4.78, 5) is 71.2. The van der Waals surface area contributed by atoms with Crippen LogP contribution in [-0.2, 0) is 47.0 Å². The Balaban J connectivity index is 1.24. The van der Waals surface area contributed by atoms with Crippen LogP contribution in [0.3, 0.4) is 0 Å². The highest BCUT2D eigenvalue weighted by molar-refractivity contribution is 7.91. The summed E-state index contributed by atoms with van der Waals surface area (Å²) < 4.78 is 39.0. The van der Waals surface area contributed by atoms with Crippen LogP contribution < -0.4 is 15.4 Å². The van der Waals surface area contributed by atoms with E-state index in [1.165, 1.54) is 9.80 Å². The molecule has 0 aromatic heterocycles. The second-order valence-electron chi connectivity index (χ2n) is 15.4. The molecule has 3 heterocycles. The molecule has 2 saturated carbocycles. The quantitative estimate of drug-likeness (QED) is 0.377. The van der Waals surface area contributed by atoms with Crippen LogP contribution in [-0.4, -0.2) is 89.2 Å². The van der Waals surface area contributed by atoms with Crippen LogP contribution in [0.2, 0.25) is 0 Å². The van der Waals surface area contributed by atoms with Crippen molar-refractivity contribution in [3.63, 3.8) is 0 Å². The third-order valence-corrected chi connectivity index (χ3v) is 11.9. The third-order valence-electron chi connectivity index (χ3n) is 10.1. The lowest BCUT2D eigenvalue weighted by Crippen LogP contribution is -2.58. The minimum atomic E-state index is -3.91. The summed E-state index contributed by atoms with van der Waals surface area (Å²) in [6.07, 6.45) is 5.37. The van der Waals surface area contributed by atoms with Crippen molar-refractivity contribution in [1.29, 1.82) is 5.26 Å². The fourth-order valence-electron chi connectivity index (χ4n) is 7.11. The van der Waals surface area contributed by atoms with Gasteiger partial charge in [-0.15, -0.1) is 0 Å². The Bertz CT molecular complexity index is 1810. The summed E-state index contributed by atoms with van der Waals surface area (Å²) >= 11 is 0. The van der Waals surface area contributed by atoms with Gasteiger partial charge in [-0.25, -0.2) is 18.0 Å². The summed E-state index contributed by atoms with van der Waals surface area (Å²) in [5, 5.41) is 14.1. The number of fused-ring (bicyclic) bond motifs is 3. The Labute approximate surface area is 303 Å². The number of hydrogen-bond donors (Lipinski definition) is 3. The largest absolute Gasteiger partial charge is 0.444 e. The second-order valence-corrected chi connectivity index (χ2v) is 17.4. The first-order chi connectivity index (χ1) is 24.6. The molecule has 6 rings (SSSR count). The molecule has 280 valence electrons. The minimum Gasteiger partial charge on any atom is -0.444 e. The summed E-state index contributed by atoms with van der Waals surface area (Å²) in [5.74, 6) is -2.57. The molecule has 16 heteroatoms. The van der Waals surface area contributed by atoms with Gasteiger partial charge in [0.15, 0.2) is 0 Å². The van der Waals surface area contributed by atoms with Crippen molar-refractivity contribution >= 4 is 39.9 Å². The average Bonchev–Trinajstić information content (AvgIpc) is 3.96. The molecular weight excluding hydrogens is 692 g/mol. The number of carbonyl (C=O) groups is 5. The number of nitrogens with zero attached hydrogens (tertiary/aromatic N) is 3. The number of alkyl carbamates (subject to hydrolysis) is 1. The van der Waals surface area contributed by atoms with E-state index in [0.717, 1.165) is 24.0 Å². The predicted molar refractivity (Wildman–Crippen MR) is 185 cm³/mol. The van der Waals surface area contributed by atoms with E-state index in [0.29, 0.717) is 31.2 Å². The molecule has 5 aliphatic rings. The lowest BCUT2D eigenvalue weighted by molar-refractivity contribution is -0.141. The number of carbonyl (C=O) groups excluding carboxylic acids is 5. The van der Waals surface area contributed by atoms with Gasteiger partial charge in [0.25, 0.3) is 5.91 Å². The van der Waals surface area contributed by atoms with Crippen LogP contribution in [0, 0.1) is 17.2 Å². The zero-order chi connectivity index (χ0) is 37.4. The SMILES string of the molecule is CC(C)(C)OC(=O)N[C@H]1CCCCC/C=C\[C@@H]2C[C@@]2(C(=O)NS(=O)(=O)C2CC2)NC(=O)[C@@H]2C[C@@H](OC(=O)N3Cc4ccc(C#N)cc4C3)CN2C1=O. The Morgan fingerprint density at radius 1 is 1.06 bits per heavy atom. The fourth-order valence-corrected chi connectivity index (χ4v) is 8.47. The van der Waals surface area contributed by atoms with Crippen molar-refractivity contribution in [3.05, 3.63) is 47.0 Å². The first-order valence-corrected chi connectivity index (χ1v) is 19.5. The molecule has 0 bridgehead atoms. The number of benzene rings is 1. The Morgan fingerprint density at radius 3 is 2.52 bits per heavy atom. The Kier molecular flexibility index (Phi) is 10.3. The van der Waals surface area contributed by atoms with Gasteiger partial charge in [-0.2, -0.15) is 5.26 Å². The molecule has 3 aliphatic heterocycles. The predicted octanol–water partition coefficient (Wildman–Crippen LogP) is 2.88. The first kappa shape index (κ1) is 37.1. The van der Waals surface area contributed by atoms with Crippen molar-refractivity contribution in [3.8, 4) is 6.07 Å². The van der Waals surface area contributed by atoms with Crippen LogP contribution in [0.5, 0.6) is 0 Å². The first-order valence-electron chi connectivity index (χ1n) is 17.9. The van der Waals surface area contributed by atoms with Crippen LogP contribution in [0.4, 0.5) is 9.59 Å². The third kappa shape index (κ3) is 8.35. The maximum absolute atomic E-state index is 14.3. The molecule has 1 aromatic rings. The van der Waals surface area contributed by atoms with Gasteiger partial charge in [-0.1, -0.05) is 31.1 Å². The summed E-state index contributed by atoms with van der Waals surface area (Å²) in [7, 11) is -3.91. The maximum atomic E-state index is 14.3. The summed E-state index contributed by atoms with van der Waals surface area (Å²) in [6.45, 7) is 5.43. The van der Waals surface area contributed by atoms with E-state index in [2.05, 4.69) is 21.4 Å². The van der Waals surface area contributed by atoms with E-state index >= 15 is 0 Å². The van der Waals surface area contributed by atoms with Crippen LogP contribution in [0.1, 0.15) is 95.2 Å². The fraction of sp³-hybridized carbons (Fsp3) is 0.611. The highest BCUT2D eigenvalue weighted by Crippen LogP contribution is 2.46. The molecule has 1 saturated heterocycles. The van der Waals surface area contributed by atoms with Gasteiger partial charge in [0.05, 0.1) is 23.4 Å². The molecule has 3 fully saturated rings. The van der Waals surface area contributed by atoms with Crippen molar-refractivity contribution in [1.82, 2.24) is 25.2 Å². The standard InChI is InChI=1S/C36H46N6O9S/c1-35(2,3)51-33(46)38-28-10-8-6-4-5-7-9-25-17-36(25,32(45)40-52(48,49)27-13-14-27)39-30(43)29-16-26(21-42(29)31(28)44)50-34(47)41-19-23-12-11-22(18-37)15-24(23)20-41/h7,9,11-12,15,25-29H,4-6,8,10,13-14,16-17,19-21H2,1-3H3,(H,38,46)(H,39,43)(H,40,45)/b9-7-/t25-,26-,28+,29+,36-/m1/s1. The topological polar surface area (TPSA) is 204 Å². The molecule has 15 nitrogen and oxygen atoms in total. The number of sulfonamides is 1. The highest BCUT2D eigenvalue weighted by atomic mass is 32.2. The molecular formula is C36H46N6O9S. The van der Waals surface area contributed by atoms with Gasteiger partial charge >= 0.3 is 12.2 Å². The van der Waals surface area contributed by atoms with Crippen molar-refractivity contribution in [2.45, 2.75) is 126 Å². The summed E-state index contributed by atoms with van der Waals surface area (Å²) in [6, 6.07) is 5.01. The zero-order valence-corrected chi connectivity index (χ0v) is 30.5. The Morgan fingerprint density at radius 2 is 1.81 bits per heavy atom. The van der Waals surface area contributed by atoms with E-state index in [9.17, 15) is 37.7 Å². The van der Waals surface area contributed by atoms with Gasteiger partial charge in [0.2, 0.25) is 21.8 Å². The number of hydrogen-bond acceptors (Lipinski definition) is 10. The minimum absolute atomic E-state index is 0.0968. The molecule has 0 spiro atoms. The van der Waals surface area contributed by atoms with Gasteiger partial charge in [-0.3, -0.25) is 24.0 Å². The van der Waals surface area contributed by atoms with Crippen molar-refractivity contribution < 1.29 is 41.9 Å². The molecule has 5 atom stereocenters. The second kappa shape index (κ2) is 14.4. The Hall–Kier alpha value is -4.65. The summed E-state index contributed by atoms with van der Waals surface area (Å²) in [5.41, 5.74) is -0.208. The van der Waals surface area contributed by atoms with Crippen LogP contribution >= 0.6 is 0 Å². The normalized spacial score (nSPS) is 28.4. The average molecular weight is 739 g/mol. The highest BCUT2D eigenvalue weighted by Gasteiger charge is 2.62. The van der Waals surface area contributed by atoms with Gasteiger partial charge < -0.3 is 25.0 Å². The molecule has 3 N–H and O–H groups in total. The van der Waals surface area contributed by atoms with Gasteiger partial charge in [-0.05, 0) is 82.6 Å². The molecule has 2 aliphatic carbocycles. The molecule has 5 amide bonds. The number of rotatable bonds is 5. The number of amides is 5. The van der Waals surface area contributed by atoms with E-state index in [4.69, 9.17) is 9.47 Å². The van der Waals surface area contributed by atoms with Crippen molar-refractivity contribution in [2.24, 2.45) is 5.92 Å². The van der Waals surface area contributed by atoms with E-state index in [1.54, 1.807) is 39.0 Å². The van der Waals surface area contributed by atoms with Crippen LogP contribution in [0.15, 0.2) is 30.4 Å². The number of nitrogens with one attached hydrogen (secondary N) is 3. The molecule has 1 aromatic carbocycles. The van der Waals surface area contributed by atoms with Crippen molar-refractivity contribution in [2.75, 3.05) is 6.54 Å². The van der Waals surface area contributed by atoms with E-state index in [-0.39, 0.29) is 38.9 Å². The zero-order valence-electron chi connectivity index (χ0n) is 29.7. The number of ether oxygens (including phenoxy) is 2.